The van der Waals surface area contributed by atoms with Gasteiger partial charge in [0.2, 0.25) is 0 Å². The fraction of sp³-hybridized carbons (Fsp3) is 0.812. The smallest absolute Gasteiger partial charge is 0.185 e. The first kappa shape index (κ1) is 15.8. The number of thiazole rings is 1. The summed E-state index contributed by atoms with van der Waals surface area (Å²) in [5.74, 6) is 0.701. The Bertz CT molecular complexity index is 427. The van der Waals surface area contributed by atoms with Crippen LogP contribution in [-0.2, 0) is 6.54 Å². The van der Waals surface area contributed by atoms with E-state index in [1.165, 1.54) is 28.5 Å². The number of anilines is 1. The third-order valence-electron chi connectivity index (χ3n) is 4.11. The van der Waals surface area contributed by atoms with Crippen LogP contribution in [0.4, 0.5) is 5.13 Å². The summed E-state index contributed by atoms with van der Waals surface area (Å²) in [5.41, 5.74) is 1.70. The predicted molar refractivity (Wildman–Crippen MR) is 88.6 cm³/mol. The maximum Gasteiger partial charge on any atom is 0.185 e. The Morgan fingerprint density at radius 1 is 1.30 bits per heavy atom. The van der Waals surface area contributed by atoms with Crippen molar-refractivity contribution < 1.29 is 0 Å². The van der Waals surface area contributed by atoms with Gasteiger partial charge in [-0.3, -0.25) is 0 Å². The van der Waals surface area contributed by atoms with Crippen molar-refractivity contribution in [2.75, 3.05) is 24.5 Å². The van der Waals surface area contributed by atoms with E-state index in [1.54, 1.807) is 0 Å². The highest BCUT2D eigenvalue weighted by molar-refractivity contribution is 7.15. The molecule has 0 spiro atoms. The first-order valence-corrected chi connectivity index (χ1v) is 8.61. The third kappa shape index (κ3) is 4.19. The molecule has 0 bridgehead atoms. The molecule has 1 aliphatic rings. The Morgan fingerprint density at radius 2 is 1.95 bits per heavy atom. The second kappa shape index (κ2) is 6.44. The maximum atomic E-state index is 4.78. The van der Waals surface area contributed by atoms with E-state index in [1.807, 2.05) is 11.3 Å². The molecule has 4 heteroatoms. The lowest BCUT2D eigenvalue weighted by Crippen LogP contribution is -2.37. The Balaban J connectivity index is 1.93. The highest BCUT2D eigenvalue weighted by atomic mass is 32.1. The predicted octanol–water partition coefficient (Wildman–Crippen LogP) is 3.82. The molecule has 0 atom stereocenters. The first-order valence-electron chi connectivity index (χ1n) is 7.79. The summed E-state index contributed by atoms with van der Waals surface area (Å²) < 4.78 is 0. The fourth-order valence-electron chi connectivity index (χ4n) is 2.49. The normalized spacial score (nSPS) is 18.8. The van der Waals surface area contributed by atoms with Crippen molar-refractivity contribution in [2.45, 2.75) is 54.0 Å². The average molecular weight is 295 g/mol. The van der Waals surface area contributed by atoms with Gasteiger partial charge >= 0.3 is 0 Å². The number of hydrogen-bond acceptors (Lipinski definition) is 4. The van der Waals surface area contributed by atoms with E-state index in [4.69, 9.17) is 4.98 Å². The van der Waals surface area contributed by atoms with Crippen LogP contribution in [0.25, 0.3) is 0 Å². The molecule has 0 amide bonds. The van der Waals surface area contributed by atoms with Gasteiger partial charge in [0.25, 0.3) is 0 Å². The molecule has 1 aromatic rings. The van der Waals surface area contributed by atoms with Crippen molar-refractivity contribution in [1.29, 1.82) is 0 Å². The second-order valence-electron chi connectivity index (χ2n) is 7.18. The minimum Gasteiger partial charge on any atom is -0.348 e. The quantitative estimate of drug-likeness (QED) is 0.895. The molecule has 0 unspecified atom stereocenters. The van der Waals surface area contributed by atoms with Crippen LogP contribution in [0.3, 0.4) is 0 Å². The SMILES string of the molecule is Cc1nc(N2CCC(C)(C)CC2)sc1CNCC(C)C. The van der Waals surface area contributed by atoms with Crippen LogP contribution < -0.4 is 10.2 Å². The van der Waals surface area contributed by atoms with Gasteiger partial charge in [0, 0.05) is 24.5 Å². The van der Waals surface area contributed by atoms with Crippen molar-refractivity contribution >= 4 is 16.5 Å². The lowest BCUT2D eigenvalue weighted by atomic mass is 9.83. The number of nitrogens with zero attached hydrogens (tertiary/aromatic N) is 2. The monoisotopic (exact) mass is 295 g/mol. The highest BCUT2D eigenvalue weighted by Crippen LogP contribution is 2.34. The molecule has 2 rings (SSSR count). The van der Waals surface area contributed by atoms with Crippen LogP contribution in [0, 0.1) is 18.3 Å². The van der Waals surface area contributed by atoms with Crippen molar-refractivity contribution in [2.24, 2.45) is 11.3 Å². The zero-order chi connectivity index (χ0) is 14.8. The van der Waals surface area contributed by atoms with Crippen molar-refractivity contribution in [3.63, 3.8) is 0 Å². The molecule has 0 aliphatic carbocycles. The Kier molecular flexibility index (Phi) is 5.08. The molecule has 1 aliphatic heterocycles. The second-order valence-corrected chi connectivity index (χ2v) is 8.24. The lowest BCUT2D eigenvalue weighted by Gasteiger charge is -2.36. The molecule has 0 radical (unpaired) electrons. The van der Waals surface area contributed by atoms with Crippen LogP contribution in [-0.4, -0.2) is 24.6 Å². The Morgan fingerprint density at radius 3 is 2.55 bits per heavy atom. The molecule has 1 fully saturated rings. The number of piperidine rings is 1. The zero-order valence-electron chi connectivity index (χ0n) is 13.6. The summed E-state index contributed by atoms with van der Waals surface area (Å²) in [6, 6.07) is 0. The molecule has 2 heterocycles. The molecular formula is C16H29N3S. The maximum absolute atomic E-state index is 4.78. The van der Waals surface area contributed by atoms with Gasteiger partial charge in [-0.15, -0.1) is 11.3 Å². The zero-order valence-corrected chi connectivity index (χ0v) is 14.4. The van der Waals surface area contributed by atoms with Crippen LogP contribution in [0.15, 0.2) is 0 Å². The van der Waals surface area contributed by atoms with E-state index in [0.29, 0.717) is 11.3 Å². The molecule has 3 nitrogen and oxygen atoms in total. The van der Waals surface area contributed by atoms with Gasteiger partial charge in [0.05, 0.1) is 5.69 Å². The summed E-state index contributed by atoms with van der Waals surface area (Å²) in [6.45, 7) is 15.7. The van der Waals surface area contributed by atoms with Gasteiger partial charge < -0.3 is 10.2 Å². The summed E-state index contributed by atoms with van der Waals surface area (Å²) in [7, 11) is 0. The third-order valence-corrected chi connectivity index (χ3v) is 5.33. The molecule has 1 N–H and O–H groups in total. The molecule has 0 saturated carbocycles. The van der Waals surface area contributed by atoms with Crippen LogP contribution in [0.1, 0.15) is 51.1 Å². The minimum atomic E-state index is 0.504. The summed E-state index contributed by atoms with van der Waals surface area (Å²) in [4.78, 5) is 8.65. The fourth-order valence-corrected chi connectivity index (χ4v) is 3.57. The number of hydrogen-bond donors (Lipinski definition) is 1. The molecular weight excluding hydrogens is 266 g/mol. The highest BCUT2D eigenvalue weighted by Gasteiger charge is 2.27. The molecule has 1 aromatic heterocycles. The van der Waals surface area contributed by atoms with Gasteiger partial charge in [-0.2, -0.15) is 0 Å². The molecule has 20 heavy (non-hydrogen) atoms. The van der Waals surface area contributed by atoms with Crippen LogP contribution in [0.5, 0.6) is 0 Å². The van der Waals surface area contributed by atoms with E-state index in [0.717, 1.165) is 26.2 Å². The van der Waals surface area contributed by atoms with Gasteiger partial charge in [-0.05, 0) is 37.6 Å². The largest absolute Gasteiger partial charge is 0.348 e. The average Bonchev–Trinajstić information content (AvgIpc) is 2.70. The standard InChI is InChI=1S/C16H29N3S/c1-12(2)10-17-11-14-13(3)18-15(20-14)19-8-6-16(4,5)7-9-19/h12,17H,6-11H2,1-5H3. The lowest BCUT2D eigenvalue weighted by molar-refractivity contribution is 0.279. The van der Waals surface area contributed by atoms with Gasteiger partial charge in [0.1, 0.15) is 0 Å². The van der Waals surface area contributed by atoms with Crippen molar-refractivity contribution in [1.82, 2.24) is 10.3 Å². The van der Waals surface area contributed by atoms with Crippen molar-refractivity contribution in [3.05, 3.63) is 10.6 Å². The molecule has 1 saturated heterocycles. The van der Waals surface area contributed by atoms with E-state index in [2.05, 4.69) is 44.8 Å². The number of aromatic nitrogens is 1. The van der Waals surface area contributed by atoms with E-state index < -0.39 is 0 Å². The van der Waals surface area contributed by atoms with Crippen molar-refractivity contribution in [3.8, 4) is 0 Å². The molecule has 114 valence electrons. The number of rotatable bonds is 5. The Hall–Kier alpha value is -0.610. The van der Waals surface area contributed by atoms with Crippen LogP contribution in [0.2, 0.25) is 0 Å². The summed E-state index contributed by atoms with van der Waals surface area (Å²) >= 11 is 1.87. The van der Waals surface area contributed by atoms with Gasteiger partial charge in [-0.1, -0.05) is 27.7 Å². The Labute approximate surface area is 127 Å². The van der Waals surface area contributed by atoms with Crippen LogP contribution >= 0.6 is 11.3 Å². The first-order chi connectivity index (χ1) is 9.37. The van der Waals surface area contributed by atoms with Gasteiger partial charge in [0.15, 0.2) is 5.13 Å². The minimum absolute atomic E-state index is 0.504. The van der Waals surface area contributed by atoms with E-state index >= 15 is 0 Å². The molecule has 0 aromatic carbocycles. The topological polar surface area (TPSA) is 28.2 Å². The number of aryl methyl sites for hydroxylation is 1. The van der Waals surface area contributed by atoms with E-state index in [9.17, 15) is 0 Å². The van der Waals surface area contributed by atoms with E-state index in [-0.39, 0.29) is 0 Å². The number of nitrogens with one attached hydrogen (secondary N) is 1. The summed E-state index contributed by atoms with van der Waals surface area (Å²) in [5, 5.41) is 4.74. The summed E-state index contributed by atoms with van der Waals surface area (Å²) in [6.07, 6.45) is 2.54. The van der Waals surface area contributed by atoms with Gasteiger partial charge in [-0.25, -0.2) is 4.98 Å².